The van der Waals surface area contributed by atoms with Crippen LogP contribution in [-0.4, -0.2) is 41.0 Å². The Kier molecular flexibility index (Phi) is 7.23. The summed E-state index contributed by atoms with van der Waals surface area (Å²) in [4.78, 5) is 17.1. The molecule has 2 saturated carbocycles. The smallest absolute Gasteiger partial charge is 0.346 e. The molecule has 2 fully saturated rings. The van der Waals surface area contributed by atoms with E-state index in [2.05, 4.69) is 10.3 Å². The molecule has 0 saturated heterocycles. The van der Waals surface area contributed by atoms with Crippen LogP contribution in [0.25, 0.3) is 10.9 Å². The first-order chi connectivity index (χ1) is 18.0. The van der Waals surface area contributed by atoms with Crippen LogP contribution < -0.4 is 5.32 Å². The minimum absolute atomic E-state index is 0.00928. The van der Waals surface area contributed by atoms with Gasteiger partial charge in [-0.2, -0.15) is 18.3 Å². The quantitative estimate of drug-likeness (QED) is 0.407. The van der Waals surface area contributed by atoms with Crippen molar-refractivity contribution >= 4 is 26.6 Å². The van der Waals surface area contributed by atoms with Gasteiger partial charge >= 0.3 is 6.18 Å². The highest BCUT2D eigenvalue weighted by Gasteiger charge is 2.41. The van der Waals surface area contributed by atoms with Gasteiger partial charge in [-0.05, 0) is 68.7 Å². The zero-order chi connectivity index (χ0) is 27.1. The van der Waals surface area contributed by atoms with E-state index in [0.717, 1.165) is 23.9 Å². The van der Waals surface area contributed by atoms with Crippen LogP contribution in [0.5, 0.6) is 0 Å². The lowest BCUT2D eigenvalue weighted by atomic mass is 9.81. The number of carbonyl (C=O) groups excluding carboxylic acids is 1. The molecule has 1 N–H and O–H groups in total. The number of fused-ring (bicyclic) bond motifs is 1. The molecular formula is C27H31F3N4O3S. The van der Waals surface area contributed by atoms with Gasteiger partial charge in [0.25, 0.3) is 5.91 Å². The Balaban J connectivity index is 1.27. The van der Waals surface area contributed by atoms with Crippen LogP contribution in [0.3, 0.4) is 0 Å². The summed E-state index contributed by atoms with van der Waals surface area (Å²) < 4.78 is 65.1. The number of sulfone groups is 1. The summed E-state index contributed by atoms with van der Waals surface area (Å²) in [6.45, 7) is 2.31. The molecule has 2 aliphatic rings. The van der Waals surface area contributed by atoms with E-state index in [0.29, 0.717) is 42.1 Å². The Morgan fingerprint density at radius 2 is 1.82 bits per heavy atom. The van der Waals surface area contributed by atoms with Gasteiger partial charge in [-0.1, -0.05) is 13.0 Å². The van der Waals surface area contributed by atoms with E-state index in [9.17, 15) is 26.4 Å². The molecule has 11 heteroatoms. The third-order valence-electron chi connectivity index (χ3n) is 7.71. The van der Waals surface area contributed by atoms with Crippen LogP contribution in [0.1, 0.15) is 73.1 Å². The Morgan fingerprint density at radius 1 is 1.08 bits per heavy atom. The molecule has 0 atom stereocenters. The zero-order valence-electron chi connectivity index (χ0n) is 21.2. The first-order valence-electron chi connectivity index (χ1n) is 13.1. The third-order valence-corrected chi connectivity index (χ3v) is 9.43. The van der Waals surface area contributed by atoms with Gasteiger partial charge in [-0.3, -0.25) is 14.5 Å². The van der Waals surface area contributed by atoms with Crippen molar-refractivity contribution in [2.45, 2.75) is 75.5 Å². The molecule has 204 valence electrons. The first kappa shape index (κ1) is 26.6. The van der Waals surface area contributed by atoms with E-state index in [-0.39, 0.29) is 41.9 Å². The fraction of sp³-hybridized carbons (Fsp3) is 0.519. The standard InChI is InChI=1S/C27H31F3N4O3S/c1-2-38(36,37)22-11-10-21(31-15-22)14-32-26(35)19-7-12-23-24(13-19)33-34(25(23)18-5-6-18)16-17-3-8-20(9-4-17)27(28,29)30/h7,10-13,15,17-18,20H,2-6,8-9,14,16H2,1H3,(H,32,35). The molecule has 0 bridgehead atoms. The van der Waals surface area contributed by atoms with Gasteiger partial charge in [-0.15, -0.1) is 0 Å². The maximum atomic E-state index is 13.1. The molecule has 2 aromatic heterocycles. The second kappa shape index (κ2) is 10.3. The number of hydrogen-bond donors (Lipinski definition) is 1. The highest BCUT2D eigenvalue weighted by atomic mass is 32.2. The average molecular weight is 549 g/mol. The van der Waals surface area contributed by atoms with Gasteiger partial charge in [0.15, 0.2) is 9.84 Å². The molecule has 5 rings (SSSR count). The summed E-state index contributed by atoms with van der Waals surface area (Å²) in [5.74, 6) is -0.944. The summed E-state index contributed by atoms with van der Waals surface area (Å²) in [6.07, 6.45) is 0.734. The second-order valence-electron chi connectivity index (χ2n) is 10.4. The molecule has 7 nitrogen and oxygen atoms in total. The minimum Gasteiger partial charge on any atom is -0.346 e. The van der Waals surface area contributed by atoms with Crippen LogP contribution in [-0.2, 0) is 22.9 Å². The monoisotopic (exact) mass is 548 g/mol. The van der Waals surface area contributed by atoms with Gasteiger partial charge in [0, 0.05) is 35.3 Å². The summed E-state index contributed by atoms with van der Waals surface area (Å²) in [5, 5.41) is 8.58. The lowest BCUT2D eigenvalue weighted by molar-refractivity contribution is -0.184. The number of rotatable bonds is 8. The molecule has 1 amide bonds. The molecule has 0 radical (unpaired) electrons. The summed E-state index contributed by atoms with van der Waals surface area (Å²) in [7, 11) is -3.34. The number of halogens is 3. The van der Waals surface area contributed by atoms with Crippen molar-refractivity contribution in [3.05, 3.63) is 53.5 Å². The van der Waals surface area contributed by atoms with Crippen molar-refractivity contribution in [1.82, 2.24) is 20.1 Å². The third kappa shape index (κ3) is 5.72. The molecule has 2 heterocycles. The van der Waals surface area contributed by atoms with E-state index in [1.54, 1.807) is 25.1 Å². The summed E-state index contributed by atoms with van der Waals surface area (Å²) in [5.41, 5.74) is 2.81. The van der Waals surface area contributed by atoms with E-state index in [1.165, 1.54) is 12.3 Å². The Morgan fingerprint density at radius 3 is 2.42 bits per heavy atom. The van der Waals surface area contributed by atoms with Crippen molar-refractivity contribution in [3.8, 4) is 0 Å². The number of nitrogens with zero attached hydrogens (tertiary/aromatic N) is 3. The number of carbonyl (C=O) groups is 1. The second-order valence-corrected chi connectivity index (χ2v) is 12.7. The maximum Gasteiger partial charge on any atom is 0.391 e. The van der Waals surface area contributed by atoms with Crippen LogP contribution in [0.4, 0.5) is 13.2 Å². The fourth-order valence-corrected chi connectivity index (χ4v) is 6.10. The Bertz CT molecular complexity index is 1420. The zero-order valence-corrected chi connectivity index (χ0v) is 22.0. The number of amides is 1. The lowest BCUT2D eigenvalue weighted by Gasteiger charge is -2.30. The van der Waals surface area contributed by atoms with E-state index >= 15 is 0 Å². The van der Waals surface area contributed by atoms with Crippen molar-refractivity contribution in [1.29, 1.82) is 0 Å². The predicted octanol–water partition coefficient (Wildman–Crippen LogP) is 5.40. The Hall–Kier alpha value is -2.95. The summed E-state index contributed by atoms with van der Waals surface area (Å²) >= 11 is 0. The molecule has 38 heavy (non-hydrogen) atoms. The topological polar surface area (TPSA) is 94.0 Å². The molecule has 3 aromatic rings. The highest BCUT2D eigenvalue weighted by Crippen LogP contribution is 2.45. The van der Waals surface area contributed by atoms with Gasteiger partial charge in [0.1, 0.15) is 0 Å². The highest BCUT2D eigenvalue weighted by molar-refractivity contribution is 7.91. The number of hydrogen-bond acceptors (Lipinski definition) is 5. The molecule has 0 spiro atoms. The molecule has 1 aromatic carbocycles. The van der Waals surface area contributed by atoms with Gasteiger partial charge < -0.3 is 5.32 Å². The number of alkyl halides is 3. The van der Waals surface area contributed by atoms with E-state index < -0.39 is 21.9 Å². The summed E-state index contributed by atoms with van der Waals surface area (Å²) in [6, 6.07) is 8.48. The average Bonchev–Trinajstić information content (AvgIpc) is 3.67. The number of nitrogens with one attached hydrogen (secondary N) is 1. The molecule has 0 aliphatic heterocycles. The lowest BCUT2D eigenvalue weighted by Crippen LogP contribution is -2.29. The number of aromatic nitrogens is 3. The van der Waals surface area contributed by atoms with Crippen molar-refractivity contribution in [2.24, 2.45) is 11.8 Å². The van der Waals surface area contributed by atoms with E-state index in [1.807, 2.05) is 10.7 Å². The molecule has 0 unspecified atom stereocenters. The van der Waals surface area contributed by atoms with Gasteiger partial charge in [0.2, 0.25) is 0 Å². The largest absolute Gasteiger partial charge is 0.391 e. The van der Waals surface area contributed by atoms with Gasteiger partial charge in [0.05, 0.1) is 34.3 Å². The minimum atomic E-state index is -4.11. The van der Waals surface area contributed by atoms with Crippen LogP contribution in [0, 0.1) is 11.8 Å². The normalized spacial score (nSPS) is 20.5. The van der Waals surface area contributed by atoms with Gasteiger partial charge in [-0.25, -0.2) is 8.42 Å². The Labute approximate surface area is 219 Å². The van der Waals surface area contributed by atoms with Crippen molar-refractivity contribution < 1.29 is 26.4 Å². The van der Waals surface area contributed by atoms with Crippen molar-refractivity contribution in [2.75, 3.05) is 5.75 Å². The number of benzene rings is 1. The van der Waals surface area contributed by atoms with E-state index in [4.69, 9.17) is 5.10 Å². The number of pyridine rings is 1. The van der Waals surface area contributed by atoms with Crippen molar-refractivity contribution in [3.63, 3.8) is 0 Å². The van der Waals surface area contributed by atoms with Crippen LogP contribution in [0.15, 0.2) is 41.4 Å². The first-order valence-corrected chi connectivity index (χ1v) is 14.7. The van der Waals surface area contributed by atoms with Crippen LogP contribution >= 0.6 is 0 Å². The van der Waals surface area contributed by atoms with Crippen LogP contribution in [0.2, 0.25) is 0 Å². The SMILES string of the molecule is CCS(=O)(=O)c1ccc(CNC(=O)c2ccc3c(C4CC4)n(CC4CCC(C(F)(F)F)CC4)nc3c2)nc1. The molecular weight excluding hydrogens is 517 g/mol. The fourth-order valence-electron chi connectivity index (χ4n) is 5.28. The predicted molar refractivity (Wildman–Crippen MR) is 136 cm³/mol. The maximum absolute atomic E-state index is 13.1. The molecule has 2 aliphatic carbocycles.